The lowest BCUT2D eigenvalue weighted by atomic mass is 9.73. The summed E-state index contributed by atoms with van der Waals surface area (Å²) >= 11 is 0. The molecule has 4 heteroatoms. The summed E-state index contributed by atoms with van der Waals surface area (Å²) in [5, 5.41) is 12.0. The van der Waals surface area contributed by atoms with E-state index in [0.717, 1.165) is 60.0 Å². The van der Waals surface area contributed by atoms with E-state index in [9.17, 15) is 5.11 Å². The highest BCUT2D eigenvalue weighted by Gasteiger charge is 2.44. The van der Waals surface area contributed by atoms with Crippen molar-refractivity contribution >= 4 is 0 Å². The standard InChI is InChI=1S/C29H35N2O2/c1-31(2,21-13-12-16-24-14-6-3-7-15-24)23-27-22-30-28(33-27)29(32,25-17-8-4-9-18-25)26-19-10-5-11-20-26/h3-4,6-9,14-15,17-18,22,26,32H,5,10-11,13,19-21,23H2,1-2H3/q+1/t29-/m0/s1. The number of rotatable bonds is 7. The molecular formula is C29H35N2O2+. The molecule has 0 radical (unpaired) electrons. The van der Waals surface area contributed by atoms with Crippen molar-refractivity contribution in [1.82, 2.24) is 4.98 Å². The third-order valence-electron chi connectivity index (χ3n) is 6.72. The Kier molecular flexibility index (Phi) is 7.33. The minimum atomic E-state index is -1.18. The lowest BCUT2D eigenvalue weighted by Crippen LogP contribution is -2.39. The van der Waals surface area contributed by atoms with Gasteiger partial charge in [-0.1, -0.05) is 79.6 Å². The van der Waals surface area contributed by atoms with Gasteiger partial charge in [-0.15, -0.1) is 0 Å². The Hall–Kier alpha value is -2.87. The maximum atomic E-state index is 12.0. The van der Waals surface area contributed by atoms with Crippen LogP contribution in [0.5, 0.6) is 0 Å². The number of benzene rings is 2. The van der Waals surface area contributed by atoms with Crippen LogP contribution in [0, 0.1) is 17.8 Å². The van der Waals surface area contributed by atoms with E-state index >= 15 is 0 Å². The van der Waals surface area contributed by atoms with Gasteiger partial charge < -0.3 is 14.0 Å². The zero-order chi connectivity index (χ0) is 23.2. The summed E-state index contributed by atoms with van der Waals surface area (Å²) in [6, 6.07) is 20.0. The van der Waals surface area contributed by atoms with Crippen LogP contribution in [0.4, 0.5) is 0 Å². The molecule has 4 nitrogen and oxygen atoms in total. The molecule has 0 aliphatic heterocycles. The van der Waals surface area contributed by atoms with E-state index < -0.39 is 5.60 Å². The number of hydrogen-bond donors (Lipinski definition) is 1. The van der Waals surface area contributed by atoms with E-state index in [1.165, 1.54) is 6.42 Å². The number of hydrogen-bond acceptors (Lipinski definition) is 3. The smallest absolute Gasteiger partial charge is 0.231 e. The monoisotopic (exact) mass is 443 g/mol. The van der Waals surface area contributed by atoms with Crippen molar-refractivity contribution in [3.63, 3.8) is 0 Å². The van der Waals surface area contributed by atoms with Gasteiger partial charge in [0.2, 0.25) is 5.89 Å². The van der Waals surface area contributed by atoms with Crippen LogP contribution in [-0.4, -0.2) is 35.2 Å². The second-order valence-corrected chi connectivity index (χ2v) is 9.83. The topological polar surface area (TPSA) is 46.3 Å². The van der Waals surface area contributed by atoms with Crippen molar-refractivity contribution in [2.75, 3.05) is 20.6 Å². The largest absolute Gasteiger partial charge is 0.436 e. The molecular weight excluding hydrogens is 408 g/mol. The van der Waals surface area contributed by atoms with Crippen molar-refractivity contribution in [3.05, 3.63) is 89.6 Å². The van der Waals surface area contributed by atoms with Gasteiger partial charge in [-0.25, -0.2) is 4.98 Å². The first kappa shape index (κ1) is 23.3. The van der Waals surface area contributed by atoms with Gasteiger partial charge in [0.05, 0.1) is 33.3 Å². The molecule has 4 rings (SSSR count). The van der Waals surface area contributed by atoms with E-state index in [2.05, 4.69) is 30.9 Å². The Morgan fingerprint density at radius 1 is 1.00 bits per heavy atom. The van der Waals surface area contributed by atoms with Crippen LogP contribution in [0.25, 0.3) is 0 Å². The number of aliphatic hydroxyl groups is 1. The highest BCUT2D eigenvalue weighted by molar-refractivity contribution is 5.33. The van der Waals surface area contributed by atoms with Gasteiger partial charge >= 0.3 is 0 Å². The van der Waals surface area contributed by atoms with Crippen molar-refractivity contribution in [3.8, 4) is 11.8 Å². The van der Waals surface area contributed by atoms with Gasteiger partial charge in [0.25, 0.3) is 0 Å². The van der Waals surface area contributed by atoms with Gasteiger partial charge in [-0.05, 0) is 30.5 Å². The Bertz CT molecular complexity index is 1070. The Morgan fingerprint density at radius 2 is 1.67 bits per heavy atom. The molecule has 1 fully saturated rings. The van der Waals surface area contributed by atoms with E-state index in [1.54, 1.807) is 6.20 Å². The molecule has 1 atom stereocenters. The normalized spacial score (nSPS) is 16.6. The van der Waals surface area contributed by atoms with Crippen molar-refractivity contribution in [1.29, 1.82) is 0 Å². The third-order valence-corrected chi connectivity index (χ3v) is 6.72. The van der Waals surface area contributed by atoms with Gasteiger partial charge in [0.15, 0.2) is 11.4 Å². The Morgan fingerprint density at radius 3 is 2.36 bits per heavy atom. The SMILES string of the molecule is C[N+](C)(CCC#Cc1ccccc1)Cc1cnc([C@](O)(c2ccccc2)C2CCCCC2)o1. The number of quaternary nitrogens is 1. The molecule has 1 N–H and O–H groups in total. The zero-order valence-corrected chi connectivity index (χ0v) is 19.8. The summed E-state index contributed by atoms with van der Waals surface area (Å²) in [5.74, 6) is 7.87. The van der Waals surface area contributed by atoms with Crippen molar-refractivity contribution < 1.29 is 14.0 Å². The summed E-state index contributed by atoms with van der Waals surface area (Å²) in [7, 11) is 4.35. The maximum absolute atomic E-state index is 12.0. The van der Waals surface area contributed by atoms with Crippen LogP contribution in [0.3, 0.4) is 0 Å². The van der Waals surface area contributed by atoms with Crippen LogP contribution in [0.1, 0.15) is 61.3 Å². The summed E-state index contributed by atoms with van der Waals surface area (Å²) < 4.78 is 7.00. The number of aromatic nitrogens is 1. The van der Waals surface area contributed by atoms with E-state index in [0.29, 0.717) is 12.4 Å². The fraction of sp³-hybridized carbons (Fsp3) is 0.414. The Labute approximate surface area is 197 Å². The summed E-state index contributed by atoms with van der Waals surface area (Å²) in [4.78, 5) is 4.61. The molecule has 33 heavy (non-hydrogen) atoms. The first-order valence-electron chi connectivity index (χ1n) is 12.1. The van der Waals surface area contributed by atoms with Gasteiger partial charge in [0, 0.05) is 11.5 Å². The molecule has 172 valence electrons. The molecule has 1 aliphatic rings. The van der Waals surface area contributed by atoms with Crippen LogP contribution >= 0.6 is 0 Å². The van der Waals surface area contributed by atoms with Gasteiger partial charge in [0.1, 0.15) is 6.54 Å². The zero-order valence-electron chi connectivity index (χ0n) is 19.8. The molecule has 0 unspecified atom stereocenters. The van der Waals surface area contributed by atoms with E-state index in [1.807, 2.05) is 60.7 Å². The molecule has 0 amide bonds. The summed E-state index contributed by atoms with van der Waals surface area (Å²) in [5.41, 5.74) is 0.735. The third kappa shape index (κ3) is 5.74. The van der Waals surface area contributed by atoms with Crippen LogP contribution in [0.2, 0.25) is 0 Å². The molecule has 3 aromatic rings. The fourth-order valence-electron chi connectivity index (χ4n) is 4.85. The Balaban J connectivity index is 1.47. The molecule has 2 aromatic carbocycles. The molecule has 1 saturated carbocycles. The molecule has 1 heterocycles. The summed E-state index contributed by atoms with van der Waals surface area (Å²) in [6.07, 6.45) is 8.09. The highest BCUT2D eigenvalue weighted by atomic mass is 16.4. The van der Waals surface area contributed by atoms with Crippen molar-refractivity contribution in [2.45, 2.75) is 50.7 Å². The molecule has 0 saturated heterocycles. The van der Waals surface area contributed by atoms with Crippen LogP contribution in [0.15, 0.2) is 71.3 Å². The first-order valence-corrected chi connectivity index (χ1v) is 12.1. The number of oxazole rings is 1. The van der Waals surface area contributed by atoms with Crippen molar-refractivity contribution in [2.24, 2.45) is 5.92 Å². The second kappa shape index (κ2) is 10.4. The van der Waals surface area contributed by atoms with Gasteiger partial charge in [-0.3, -0.25) is 0 Å². The molecule has 0 bridgehead atoms. The van der Waals surface area contributed by atoms with E-state index in [-0.39, 0.29) is 5.92 Å². The number of nitrogens with zero attached hydrogens (tertiary/aromatic N) is 2. The average Bonchev–Trinajstić information content (AvgIpc) is 3.31. The predicted molar refractivity (Wildman–Crippen MR) is 131 cm³/mol. The fourth-order valence-corrected chi connectivity index (χ4v) is 4.85. The van der Waals surface area contributed by atoms with Crippen LogP contribution < -0.4 is 0 Å². The van der Waals surface area contributed by atoms with Crippen LogP contribution in [-0.2, 0) is 12.1 Å². The molecule has 0 spiro atoms. The molecule has 1 aromatic heterocycles. The maximum Gasteiger partial charge on any atom is 0.231 e. The van der Waals surface area contributed by atoms with E-state index in [4.69, 9.17) is 4.42 Å². The highest BCUT2D eigenvalue weighted by Crippen LogP contribution is 2.43. The minimum Gasteiger partial charge on any atom is -0.436 e. The lowest BCUT2D eigenvalue weighted by Gasteiger charge is -2.36. The molecule has 1 aliphatic carbocycles. The average molecular weight is 444 g/mol. The second-order valence-electron chi connectivity index (χ2n) is 9.83. The predicted octanol–water partition coefficient (Wildman–Crippen LogP) is 5.51. The lowest BCUT2D eigenvalue weighted by molar-refractivity contribution is -0.904. The first-order chi connectivity index (χ1) is 16.0. The summed E-state index contributed by atoms with van der Waals surface area (Å²) in [6.45, 7) is 1.61. The van der Waals surface area contributed by atoms with Gasteiger partial charge in [-0.2, -0.15) is 0 Å². The quantitative estimate of drug-likeness (QED) is 0.387. The minimum absolute atomic E-state index is 0.121.